The molecule has 2 atom stereocenters. The number of ether oxygens (including phenoxy) is 1. The summed E-state index contributed by atoms with van der Waals surface area (Å²) in [5.41, 5.74) is 0.626. The third-order valence-corrected chi connectivity index (χ3v) is 3.32. The van der Waals surface area contributed by atoms with Crippen LogP contribution in [-0.4, -0.2) is 12.1 Å². The van der Waals surface area contributed by atoms with Crippen molar-refractivity contribution in [1.82, 2.24) is 0 Å². The number of hydrogen-bond acceptors (Lipinski definition) is 2. The summed E-state index contributed by atoms with van der Waals surface area (Å²) in [5.74, 6) is 0.0979. The number of esters is 1. The average molecular weight is 230 g/mol. The van der Waals surface area contributed by atoms with Gasteiger partial charge in [0.15, 0.2) is 0 Å². The van der Waals surface area contributed by atoms with E-state index in [2.05, 4.69) is 6.58 Å². The zero-order chi connectivity index (χ0) is 12.1. The van der Waals surface area contributed by atoms with Gasteiger partial charge in [-0.1, -0.05) is 30.7 Å². The van der Waals surface area contributed by atoms with Crippen LogP contribution in [0.2, 0.25) is 0 Å². The summed E-state index contributed by atoms with van der Waals surface area (Å²) in [6.07, 6.45) is 6.30. The van der Waals surface area contributed by atoms with Crippen molar-refractivity contribution < 1.29 is 9.53 Å². The van der Waals surface area contributed by atoms with E-state index in [-0.39, 0.29) is 12.1 Å². The summed E-state index contributed by atoms with van der Waals surface area (Å²) in [7, 11) is 0. The maximum absolute atomic E-state index is 11.9. The monoisotopic (exact) mass is 230 g/mol. The second-order valence-electron chi connectivity index (χ2n) is 4.49. The van der Waals surface area contributed by atoms with Gasteiger partial charge >= 0.3 is 5.97 Å². The molecular weight excluding hydrogens is 212 g/mol. The van der Waals surface area contributed by atoms with Crippen molar-refractivity contribution in [2.24, 2.45) is 5.92 Å². The molecule has 2 nitrogen and oxygen atoms in total. The van der Waals surface area contributed by atoms with Crippen LogP contribution >= 0.6 is 0 Å². The van der Waals surface area contributed by atoms with Gasteiger partial charge in [-0.15, -0.1) is 6.58 Å². The molecule has 90 valence electrons. The Kier molecular flexibility index (Phi) is 3.97. The van der Waals surface area contributed by atoms with E-state index in [1.165, 1.54) is 6.42 Å². The van der Waals surface area contributed by atoms with Gasteiger partial charge < -0.3 is 4.74 Å². The Labute approximate surface area is 102 Å². The molecule has 0 radical (unpaired) electrons. The Balaban J connectivity index is 2.00. The zero-order valence-electron chi connectivity index (χ0n) is 9.97. The quantitative estimate of drug-likeness (QED) is 0.586. The molecule has 0 spiro atoms. The fourth-order valence-corrected chi connectivity index (χ4v) is 2.32. The van der Waals surface area contributed by atoms with Gasteiger partial charge in [0.1, 0.15) is 6.10 Å². The van der Waals surface area contributed by atoms with Crippen LogP contribution in [0.3, 0.4) is 0 Å². The first kappa shape index (κ1) is 11.9. The van der Waals surface area contributed by atoms with E-state index in [1.807, 2.05) is 24.3 Å². The molecule has 0 bridgehead atoms. The highest BCUT2D eigenvalue weighted by molar-refractivity contribution is 5.89. The minimum atomic E-state index is -0.218. The minimum absolute atomic E-state index is 0.00829. The van der Waals surface area contributed by atoms with Crippen LogP contribution in [0.15, 0.2) is 43.0 Å². The molecular formula is C15H18O2. The van der Waals surface area contributed by atoms with E-state index in [0.717, 1.165) is 19.3 Å². The Hall–Kier alpha value is -1.57. The lowest BCUT2D eigenvalue weighted by atomic mass is 9.86. The Morgan fingerprint density at radius 1 is 1.24 bits per heavy atom. The van der Waals surface area contributed by atoms with E-state index in [9.17, 15) is 4.79 Å². The van der Waals surface area contributed by atoms with Crippen molar-refractivity contribution in [1.29, 1.82) is 0 Å². The van der Waals surface area contributed by atoms with E-state index in [4.69, 9.17) is 4.74 Å². The second kappa shape index (κ2) is 5.67. The van der Waals surface area contributed by atoms with Gasteiger partial charge in [0.05, 0.1) is 5.56 Å². The lowest BCUT2D eigenvalue weighted by molar-refractivity contribution is 0.00964. The lowest BCUT2D eigenvalue weighted by Gasteiger charge is -2.28. The molecule has 0 aliphatic heterocycles. The predicted octanol–water partition coefficient (Wildman–Crippen LogP) is 3.59. The standard InChI is InChI=1S/C15H18O2/c1-2-12-8-6-7-11-14(12)17-15(16)13-9-4-3-5-10-13/h2-5,9-10,12,14H,1,6-8,11H2/t12-,14+/m1/s1. The number of carbonyl (C=O) groups is 1. The summed E-state index contributed by atoms with van der Waals surface area (Å²) in [4.78, 5) is 11.9. The number of benzene rings is 1. The van der Waals surface area contributed by atoms with Crippen molar-refractivity contribution in [3.8, 4) is 0 Å². The molecule has 1 aromatic carbocycles. The van der Waals surface area contributed by atoms with E-state index in [0.29, 0.717) is 11.5 Å². The highest BCUT2D eigenvalue weighted by Crippen LogP contribution is 2.28. The molecule has 17 heavy (non-hydrogen) atoms. The molecule has 0 heterocycles. The Morgan fingerprint density at radius 3 is 2.65 bits per heavy atom. The van der Waals surface area contributed by atoms with E-state index in [1.54, 1.807) is 12.1 Å². The van der Waals surface area contributed by atoms with E-state index >= 15 is 0 Å². The molecule has 0 N–H and O–H groups in total. The van der Waals surface area contributed by atoms with Crippen molar-refractivity contribution in [2.45, 2.75) is 31.8 Å². The van der Waals surface area contributed by atoms with Gasteiger partial charge in [0.25, 0.3) is 0 Å². The number of hydrogen-bond donors (Lipinski definition) is 0. The third kappa shape index (κ3) is 2.96. The van der Waals surface area contributed by atoms with Gasteiger partial charge in [-0.2, -0.15) is 0 Å². The summed E-state index contributed by atoms with van der Waals surface area (Å²) < 4.78 is 5.57. The Bertz CT molecular complexity index is 383. The van der Waals surface area contributed by atoms with Gasteiger partial charge in [-0.3, -0.25) is 0 Å². The van der Waals surface area contributed by atoms with Crippen LogP contribution in [0.25, 0.3) is 0 Å². The molecule has 1 aliphatic carbocycles. The van der Waals surface area contributed by atoms with Gasteiger partial charge in [0, 0.05) is 5.92 Å². The smallest absolute Gasteiger partial charge is 0.338 e. The molecule has 2 rings (SSSR count). The molecule has 1 fully saturated rings. The van der Waals surface area contributed by atoms with Crippen LogP contribution < -0.4 is 0 Å². The zero-order valence-corrected chi connectivity index (χ0v) is 9.97. The predicted molar refractivity (Wildman–Crippen MR) is 67.8 cm³/mol. The highest BCUT2D eigenvalue weighted by atomic mass is 16.5. The first-order valence-corrected chi connectivity index (χ1v) is 6.20. The number of carbonyl (C=O) groups excluding carboxylic acids is 1. The maximum atomic E-state index is 11.9. The lowest BCUT2D eigenvalue weighted by Crippen LogP contribution is -2.28. The van der Waals surface area contributed by atoms with Crippen LogP contribution in [0, 0.1) is 5.92 Å². The minimum Gasteiger partial charge on any atom is -0.458 e. The van der Waals surface area contributed by atoms with Gasteiger partial charge in [0.2, 0.25) is 0 Å². The SMILES string of the molecule is C=C[C@@H]1CCCC[C@@H]1OC(=O)c1ccccc1. The molecule has 0 unspecified atom stereocenters. The summed E-state index contributed by atoms with van der Waals surface area (Å²) in [6.45, 7) is 3.82. The molecule has 1 saturated carbocycles. The van der Waals surface area contributed by atoms with Gasteiger partial charge in [-0.25, -0.2) is 4.79 Å². The van der Waals surface area contributed by atoms with E-state index < -0.39 is 0 Å². The molecule has 0 saturated heterocycles. The Morgan fingerprint density at radius 2 is 1.94 bits per heavy atom. The van der Waals surface area contributed by atoms with Crippen LogP contribution in [0.1, 0.15) is 36.0 Å². The fourth-order valence-electron chi connectivity index (χ4n) is 2.32. The molecule has 0 aromatic heterocycles. The van der Waals surface area contributed by atoms with Crippen molar-refractivity contribution in [2.75, 3.05) is 0 Å². The third-order valence-electron chi connectivity index (χ3n) is 3.32. The maximum Gasteiger partial charge on any atom is 0.338 e. The first-order chi connectivity index (χ1) is 8.31. The normalized spacial score (nSPS) is 24.0. The van der Waals surface area contributed by atoms with Gasteiger partial charge in [-0.05, 0) is 31.4 Å². The molecule has 0 amide bonds. The first-order valence-electron chi connectivity index (χ1n) is 6.20. The van der Waals surface area contributed by atoms with Crippen molar-refractivity contribution >= 4 is 5.97 Å². The van der Waals surface area contributed by atoms with Crippen LogP contribution in [0.4, 0.5) is 0 Å². The molecule has 1 aromatic rings. The van der Waals surface area contributed by atoms with Crippen molar-refractivity contribution in [3.05, 3.63) is 48.6 Å². The van der Waals surface area contributed by atoms with Crippen LogP contribution in [0.5, 0.6) is 0 Å². The summed E-state index contributed by atoms with van der Waals surface area (Å²) in [5, 5.41) is 0. The summed E-state index contributed by atoms with van der Waals surface area (Å²) in [6, 6.07) is 9.16. The summed E-state index contributed by atoms with van der Waals surface area (Å²) >= 11 is 0. The largest absolute Gasteiger partial charge is 0.458 e. The fraction of sp³-hybridized carbons (Fsp3) is 0.400. The topological polar surface area (TPSA) is 26.3 Å². The van der Waals surface area contributed by atoms with Crippen LogP contribution in [-0.2, 0) is 4.74 Å². The molecule has 1 aliphatic rings. The average Bonchev–Trinajstić information content (AvgIpc) is 2.40. The molecule has 2 heteroatoms. The number of rotatable bonds is 3. The highest BCUT2D eigenvalue weighted by Gasteiger charge is 2.26. The second-order valence-corrected chi connectivity index (χ2v) is 4.49. The van der Waals surface area contributed by atoms with Crippen molar-refractivity contribution in [3.63, 3.8) is 0 Å².